The lowest BCUT2D eigenvalue weighted by atomic mass is 10.00. The molecule has 3 N–H and O–H groups in total. The highest BCUT2D eigenvalue weighted by Crippen LogP contribution is 2.51. The molecule has 3 aromatic carbocycles. The van der Waals surface area contributed by atoms with Gasteiger partial charge in [0.05, 0.1) is 19.4 Å². The van der Waals surface area contributed by atoms with Crippen LogP contribution in [0.1, 0.15) is 35.3 Å². The van der Waals surface area contributed by atoms with Crippen LogP contribution < -0.4 is 11.1 Å². The van der Waals surface area contributed by atoms with E-state index in [1.54, 1.807) is 38.1 Å². The molecule has 0 bridgehead atoms. The summed E-state index contributed by atoms with van der Waals surface area (Å²) < 4.78 is 23.4. The fourth-order valence-electron chi connectivity index (χ4n) is 3.67. The van der Waals surface area contributed by atoms with Crippen molar-refractivity contribution in [1.29, 1.82) is 0 Å². The molecule has 0 saturated carbocycles. The van der Waals surface area contributed by atoms with Crippen LogP contribution >= 0.6 is 7.60 Å². The summed E-state index contributed by atoms with van der Waals surface area (Å²) in [4.78, 5) is 24.8. The van der Waals surface area contributed by atoms with Crippen molar-refractivity contribution in [3.05, 3.63) is 95.6 Å². The Morgan fingerprint density at radius 3 is 1.91 bits per heavy atom. The van der Waals surface area contributed by atoms with Crippen LogP contribution in [0.3, 0.4) is 0 Å². The molecule has 8 heteroatoms. The molecule has 0 saturated heterocycles. The van der Waals surface area contributed by atoms with E-state index in [9.17, 15) is 14.2 Å². The number of primary amides is 1. The molecule has 1 atom stereocenters. The first-order valence-corrected chi connectivity index (χ1v) is 13.3. The first-order valence-electron chi connectivity index (χ1n) is 11.5. The smallest absolute Gasteiger partial charge is 0.335 e. The number of nitrogens with two attached hydrogens (primary N) is 1. The normalized spacial score (nSPS) is 12.2. The molecule has 0 radical (unpaired) electrons. The largest absolute Gasteiger partial charge is 0.368 e. The summed E-state index contributed by atoms with van der Waals surface area (Å²) in [7, 11) is -3.24. The number of rotatable bonds is 12. The van der Waals surface area contributed by atoms with Crippen LogP contribution in [0.5, 0.6) is 0 Å². The third-order valence-electron chi connectivity index (χ3n) is 5.39. The quantitative estimate of drug-likeness (QED) is 0.347. The van der Waals surface area contributed by atoms with E-state index in [1.807, 2.05) is 54.6 Å². The Balaban J connectivity index is 1.64. The maximum atomic E-state index is 12.8. The van der Waals surface area contributed by atoms with Crippen molar-refractivity contribution < 1.29 is 23.2 Å². The van der Waals surface area contributed by atoms with Crippen molar-refractivity contribution in [3.8, 4) is 11.1 Å². The van der Waals surface area contributed by atoms with Gasteiger partial charge in [-0.2, -0.15) is 0 Å². The summed E-state index contributed by atoms with van der Waals surface area (Å²) in [6, 6.07) is 23.5. The Morgan fingerprint density at radius 1 is 0.829 bits per heavy atom. The third kappa shape index (κ3) is 7.62. The first kappa shape index (κ1) is 26.4. The Labute approximate surface area is 206 Å². The second-order valence-electron chi connectivity index (χ2n) is 8.00. The predicted molar refractivity (Wildman–Crippen MR) is 137 cm³/mol. The zero-order valence-corrected chi connectivity index (χ0v) is 20.9. The van der Waals surface area contributed by atoms with Gasteiger partial charge in [0.15, 0.2) is 0 Å². The van der Waals surface area contributed by atoms with Gasteiger partial charge in [0.25, 0.3) is 5.91 Å². The van der Waals surface area contributed by atoms with Crippen LogP contribution in [0.15, 0.2) is 78.9 Å². The Hall–Kier alpha value is -3.25. The zero-order chi connectivity index (χ0) is 25.3. The number of carbonyl (C=O) groups excluding carboxylic acids is 2. The maximum absolute atomic E-state index is 12.8. The highest BCUT2D eigenvalue weighted by molar-refractivity contribution is 7.53. The molecule has 2 amide bonds. The summed E-state index contributed by atoms with van der Waals surface area (Å²) in [6.45, 7) is 4.07. The Bertz CT molecular complexity index is 1150. The van der Waals surface area contributed by atoms with E-state index in [-0.39, 0.29) is 25.8 Å². The summed E-state index contributed by atoms with van der Waals surface area (Å²) in [5.41, 5.74) is 9.69. The number of benzene rings is 3. The Morgan fingerprint density at radius 2 is 1.37 bits per heavy atom. The van der Waals surface area contributed by atoms with Crippen molar-refractivity contribution >= 4 is 19.4 Å². The molecular weight excluding hydrogens is 463 g/mol. The summed E-state index contributed by atoms with van der Waals surface area (Å²) in [5, 5.41) is 2.72. The monoisotopic (exact) mass is 494 g/mol. The lowest BCUT2D eigenvalue weighted by Crippen LogP contribution is -2.45. The second kappa shape index (κ2) is 12.5. The van der Waals surface area contributed by atoms with Gasteiger partial charge in [-0.15, -0.1) is 0 Å². The van der Waals surface area contributed by atoms with E-state index in [4.69, 9.17) is 14.8 Å². The number of amides is 2. The average Bonchev–Trinajstić information content (AvgIpc) is 2.85. The molecule has 0 aliphatic heterocycles. The van der Waals surface area contributed by atoms with Crippen molar-refractivity contribution in [2.75, 3.05) is 13.2 Å². The Kier molecular flexibility index (Phi) is 9.38. The van der Waals surface area contributed by atoms with Gasteiger partial charge in [-0.25, -0.2) is 0 Å². The number of hydrogen-bond acceptors (Lipinski definition) is 5. The molecule has 0 aliphatic carbocycles. The highest BCUT2D eigenvalue weighted by atomic mass is 31.2. The fourth-order valence-corrected chi connectivity index (χ4v) is 5.37. The minimum atomic E-state index is -3.24. The molecule has 0 unspecified atom stereocenters. The summed E-state index contributed by atoms with van der Waals surface area (Å²) in [5.74, 6) is -1.03. The van der Waals surface area contributed by atoms with Gasteiger partial charge in [0, 0.05) is 12.0 Å². The van der Waals surface area contributed by atoms with Crippen LogP contribution in [-0.2, 0) is 31.0 Å². The van der Waals surface area contributed by atoms with Gasteiger partial charge < -0.3 is 20.1 Å². The standard InChI is InChI=1S/C27H31N2O5P/c1-3-33-35(32,34-4-2)19-21-12-16-24(17-13-21)27(31)29-25(26(28)30)18-20-10-14-23(15-11-20)22-8-6-5-7-9-22/h5-17,25H,3-4,18-19H2,1-2H3,(H2,28,30)(H,29,31)/t25-/m0/s1. The number of nitrogens with one attached hydrogen (secondary N) is 1. The van der Waals surface area contributed by atoms with E-state index in [0.717, 1.165) is 22.3 Å². The van der Waals surface area contributed by atoms with Crippen LogP contribution in [0.4, 0.5) is 0 Å². The van der Waals surface area contributed by atoms with Gasteiger partial charge >= 0.3 is 7.60 Å². The lowest BCUT2D eigenvalue weighted by Gasteiger charge is -2.18. The first-order chi connectivity index (χ1) is 16.8. The lowest BCUT2D eigenvalue weighted by molar-refractivity contribution is -0.119. The van der Waals surface area contributed by atoms with Gasteiger partial charge in [0.2, 0.25) is 5.91 Å². The molecule has 0 aromatic heterocycles. The van der Waals surface area contributed by atoms with Gasteiger partial charge in [-0.1, -0.05) is 66.7 Å². The summed E-state index contributed by atoms with van der Waals surface area (Å²) in [6.07, 6.45) is 0.388. The summed E-state index contributed by atoms with van der Waals surface area (Å²) >= 11 is 0. The SMILES string of the molecule is CCOP(=O)(Cc1ccc(C(=O)N[C@@H](Cc2ccc(-c3ccccc3)cc2)C(N)=O)cc1)OCC. The average molecular weight is 495 g/mol. The number of carbonyl (C=O) groups is 2. The molecule has 0 fully saturated rings. The van der Waals surface area contributed by atoms with E-state index < -0.39 is 25.5 Å². The van der Waals surface area contributed by atoms with E-state index >= 15 is 0 Å². The zero-order valence-electron chi connectivity index (χ0n) is 20.0. The van der Waals surface area contributed by atoms with Gasteiger partial charge in [-0.05, 0) is 48.2 Å². The molecule has 35 heavy (non-hydrogen) atoms. The van der Waals surface area contributed by atoms with Crippen LogP contribution in [0, 0.1) is 0 Å². The van der Waals surface area contributed by atoms with Crippen molar-refractivity contribution in [2.45, 2.75) is 32.5 Å². The van der Waals surface area contributed by atoms with E-state index in [1.165, 1.54) is 0 Å². The minimum absolute atomic E-state index is 0.111. The second-order valence-corrected chi connectivity index (χ2v) is 10.1. The highest BCUT2D eigenvalue weighted by Gasteiger charge is 2.24. The van der Waals surface area contributed by atoms with Crippen LogP contribution in [-0.4, -0.2) is 31.1 Å². The van der Waals surface area contributed by atoms with E-state index in [2.05, 4.69) is 5.32 Å². The van der Waals surface area contributed by atoms with Gasteiger partial charge in [0.1, 0.15) is 6.04 Å². The molecule has 0 spiro atoms. The molecule has 7 nitrogen and oxygen atoms in total. The minimum Gasteiger partial charge on any atom is -0.368 e. The third-order valence-corrected chi connectivity index (χ3v) is 7.45. The number of hydrogen-bond donors (Lipinski definition) is 2. The van der Waals surface area contributed by atoms with Crippen LogP contribution in [0.2, 0.25) is 0 Å². The molecular formula is C27H31N2O5P. The van der Waals surface area contributed by atoms with Gasteiger partial charge in [-0.3, -0.25) is 14.2 Å². The van der Waals surface area contributed by atoms with Crippen molar-refractivity contribution in [3.63, 3.8) is 0 Å². The molecule has 0 aliphatic rings. The van der Waals surface area contributed by atoms with Crippen molar-refractivity contribution in [2.24, 2.45) is 5.73 Å². The van der Waals surface area contributed by atoms with Crippen LogP contribution in [0.25, 0.3) is 11.1 Å². The van der Waals surface area contributed by atoms with Crippen molar-refractivity contribution in [1.82, 2.24) is 5.32 Å². The molecule has 184 valence electrons. The van der Waals surface area contributed by atoms with E-state index in [0.29, 0.717) is 5.56 Å². The maximum Gasteiger partial charge on any atom is 0.335 e. The molecule has 3 rings (SSSR count). The topological polar surface area (TPSA) is 108 Å². The fraction of sp³-hybridized carbons (Fsp3) is 0.259. The molecule has 0 heterocycles. The molecule has 3 aromatic rings. The predicted octanol–water partition coefficient (Wildman–Crippen LogP) is 4.95.